The first-order valence-electron chi connectivity index (χ1n) is 6.32. The average Bonchev–Trinajstić information content (AvgIpc) is 2.69. The smallest absolute Gasteiger partial charge is 0.0644 e. The minimum absolute atomic E-state index is 0. The molecule has 2 aliphatic rings. The van der Waals surface area contributed by atoms with E-state index in [1.54, 1.807) is 0 Å². The van der Waals surface area contributed by atoms with Crippen molar-refractivity contribution >= 4 is 24.8 Å². The fourth-order valence-corrected chi connectivity index (χ4v) is 3.07. The Morgan fingerprint density at radius 3 is 2.47 bits per heavy atom. The molecule has 0 aromatic heterocycles. The fourth-order valence-electron chi connectivity index (χ4n) is 3.07. The van der Waals surface area contributed by atoms with Crippen LogP contribution in [-0.4, -0.2) is 38.4 Å². The fraction of sp³-hybridized carbons (Fsp3) is 1.00. The zero-order chi connectivity index (χ0) is 10.6. The molecule has 17 heavy (non-hydrogen) atoms. The molecular weight excluding hydrogens is 259 g/mol. The highest BCUT2D eigenvalue weighted by Gasteiger charge is 2.35. The van der Waals surface area contributed by atoms with Crippen LogP contribution in [0.4, 0.5) is 0 Å². The summed E-state index contributed by atoms with van der Waals surface area (Å²) < 4.78 is 5.39. The third-order valence-corrected chi connectivity index (χ3v) is 3.79. The predicted molar refractivity (Wildman–Crippen MR) is 76.6 cm³/mol. The maximum Gasteiger partial charge on any atom is 0.0644 e. The molecule has 0 radical (unpaired) electrons. The minimum Gasteiger partial charge on any atom is -0.383 e. The first kappa shape index (κ1) is 17.5. The van der Waals surface area contributed by atoms with Crippen molar-refractivity contribution in [2.75, 3.05) is 26.8 Å². The van der Waals surface area contributed by atoms with Crippen molar-refractivity contribution in [1.82, 2.24) is 10.6 Å². The molecule has 1 heterocycles. The van der Waals surface area contributed by atoms with E-state index in [4.69, 9.17) is 4.74 Å². The van der Waals surface area contributed by atoms with Crippen LogP contribution in [0.1, 0.15) is 38.5 Å². The van der Waals surface area contributed by atoms with Crippen molar-refractivity contribution in [1.29, 1.82) is 0 Å². The van der Waals surface area contributed by atoms with Crippen LogP contribution in [0.5, 0.6) is 0 Å². The molecule has 0 spiro atoms. The van der Waals surface area contributed by atoms with Gasteiger partial charge in [-0.1, -0.05) is 12.8 Å². The Balaban J connectivity index is 0.00000128. The van der Waals surface area contributed by atoms with Gasteiger partial charge in [-0.2, -0.15) is 0 Å². The lowest BCUT2D eigenvalue weighted by Gasteiger charge is -2.36. The van der Waals surface area contributed by atoms with Crippen molar-refractivity contribution in [3.8, 4) is 0 Å². The molecule has 1 saturated heterocycles. The Hall–Kier alpha value is 0.460. The van der Waals surface area contributed by atoms with Crippen LogP contribution < -0.4 is 10.6 Å². The van der Waals surface area contributed by atoms with Crippen molar-refractivity contribution in [2.24, 2.45) is 0 Å². The molecule has 0 amide bonds. The number of piperidine rings is 1. The normalized spacial score (nSPS) is 27.0. The molecule has 1 aliphatic heterocycles. The van der Waals surface area contributed by atoms with Gasteiger partial charge in [-0.15, -0.1) is 24.8 Å². The summed E-state index contributed by atoms with van der Waals surface area (Å²) in [5.74, 6) is 0. The van der Waals surface area contributed by atoms with E-state index in [-0.39, 0.29) is 24.8 Å². The highest BCUT2D eigenvalue weighted by molar-refractivity contribution is 5.85. The quantitative estimate of drug-likeness (QED) is 0.830. The molecule has 104 valence electrons. The van der Waals surface area contributed by atoms with E-state index < -0.39 is 0 Å². The molecule has 2 rings (SSSR count). The summed E-state index contributed by atoms with van der Waals surface area (Å²) in [6.45, 7) is 3.20. The molecule has 1 saturated carbocycles. The van der Waals surface area contributed by atoms with Gasteiger partial charge in [0.2, 0.25) is 0 Å². The molecule has 1 atom stereocenters. The number of rotatable bonds is 4. The lowest BCUT2D eigenvalue weighted by atomic mass is 9.95. The molecule has 1 unspecified atom stereocenters. The molecular formula is C12H26Cl2N2O. The van der Waals surface area contributed by atoms with E-state index in [1.807, 2.05) is 7.11 Å². The number of hydrogen-bond acceptors (Lipinski definition) is 3. The van der Waals surface area contributed by atoms with Crippen molar-refractivity contribution in [3.63, 3.8) is 0 Å². The lowest BCUT2D eigenvalue weighted by Crippen LogP contribution is -2.55. The summed E-state index contributed by atoms with van der Waals surface area (Å²) in [5.41, 5.74) is 0.290. The molecule has 0 aromatic rings. The maximum absolute atomic E-state index is 5.39. The molecule has 2 N–H and O–H groups in total. The molecule has 0 bridgehead atoms. The van der Waals surface area contributed by atoms with Gasteiger partial charge >= 0.3 is 0 Å². The largest absolute Gasteiger partial charge is 0.383 e. The first-order chi connectivity index (χ1) is 7.35. The number of ether oxygens (including phenoxy) is 1. The minimum atomic E-state index is 0. The average molecular weight is 285 g/mol. The summed E-state index contributed by atoms with van der Waals surface area (Å²) in [6, 6.07) is 0.659. The molecule has 5 heteroatoms. The van der Waals surface area contributed by atoms with Crippen LogP contribution >= 0.6 is 24.8 Å². The number of methoxy groups -OCH3 is 1. The van der Waals surface area contributed by atoms with Crippen LogP contribution in [0.25, 0.3) is 0 Å². The zero-order valence-electron chi connectivity index (χ0n) is 10.7. The van der Waals surface area contributed by atoms with Gasteiger partial charge in [0.15, 0.2) is 0 Å². The third-order valence-electron chi connectivity index (χ3n) is 3.79. The summed E-state index contributed by atoms with van der Waals surface area (Å²) in [5, 5.41) is 7.31. The molecule has 2 fully saturated rings. The maximum atomic E-state index is 5.39. The van der Waals surface area contributed by atoms with Gasteiger partial charge in [0.05, 0.1) is 6.61 Å². The van der Waals surface area contributed by atoms with Gasteiger partial charge in [-0.25, -0.2) is 0 Å². The van der Waals surface area contributed by atoms with Crippen LogP contribution in [0.15, 0.2) is 0 Å². The summed E-state index contributed by atoms with van der Waals surface area (Å²) in [4.78, 5) is 0. The van der Waals surface area contributed by atoms with Gasteiger partial charge in [-0.05, 0) is 32.2 Å². The van der Waals surface area contributed by atoms with Crippen molar-refractivity contribution in [2.45, 2.75) is 50.1 Å². The highest BCUT2D eigenvalue weighted by Crippen LogP contribution is 2.30. The van der Waals surface area contributed by atoms with Crippen LogP contribution in [-0.2, 0) is 4.74 Å². The Morgan fingerprint density at radius 1 is 1.24 bits per heavy atom. The van der Waals surface area contributed by atoms with E-state index in [0.29, 0.717) is 11.6 Å². The third kappa shape index (κ3) is 4.92. The van der Waals surface area contributed by atoms with E-state index in [9.17, 15) is 0 Å². The second kappa shape index (κ2) is 8.54. The van der Waals surface area contributed by atoms with Crippen LogP contribution in [0.3, 0.4) is 0 Å². The van der Waals surface area contributed by atoms with Gasteiger partial charge in [0.1, 0.15) is 0 Å². The van der Waals surface area contributed by atoms with E-state index in [1.165, 1.54) is 45.1 Å². The van der Waals surface area contributed by atoms with Gasteiger partial charge in [0.25, 0.3) is 0 Å². The Labute approximate surface area is 117 Å². The zero-order valence-corrected chi connectivity index (χ0v) is 12.3. The van der Waals surface area contributed by atoms with Gasteiger partial charge in [0, 0.05) is 25.2 Å². The standard InChI is InChI=1S/C12H24N2O.2ClH/c1-15-10-12(6-2-3-7-12)14-11-5-4-8-13-9-11;;/h11,13-14H,2-10H2,1H3;2*1H. The second-order valence-electron chi connectivity index (χ2n) is 5.11. The summed E-state index contributed by atoms with van der Waals surface area (Å²) in [7, 11) is 1.82. The van der Waals surface area contributed by atoms with Crippen LogP contribution in [0, 0.1) is 0 Å². The number of halogens is 2. The lowest BCUT2D eigenvalue weighted by molar-refractivity contribution is 0.0994. The Bertz CT molecular complexity index is 193. The first-order valence-corrected chi connectivity index (χ1v) is 6.32. The molecule has 3 nitrogen and oxygen atoms in total. The SMILES string of the molecule is COCC1(NC2CCCNC2)CCCC1.Cl.Cl. The Kier molecular flexibility index (Phi) is 8.77. The number of hydrogen-bond donors (Lipinski definition) is 2. The van der Waals surface area contributed by atoms with E-state index in [0.717, 1.165) is 13.2 Å². The van der Waals surface area contributed by atoms with Crippen molar-refractivity contribution in [3.05, 3.63) is 0 Å². The predicted octanol–water partition coefficient (Wildman–Crippen LogP) is 2.13. The van der Waals surface area contributed by atoms with Crippen molar-refractivity contribution < 1.29 is 4.74 Å². The molecule has 0 aromatic carbocycles. The second-order valence-corrected chi connectivity index (χ2v) is 5.11. The van der Waals surface area contributed by atoms with Gasteiger partial charge in [-0.3, -0.25) is 0 Å². The molecule has 1 aliphatic carbocycles. The van der Waals surface area contributed by atoms with Crippen LogP contribution in [0.2, 0.25) is 0 Å². The van der Waals surface area contributed by atoms with Gasteiger partial charge < -0.3 is 15.4 Å². The topological polar surface area (TPSA) is 33.3 Å². The summed E-state index contributed by atoms with van der Waals surface area (Å²) >= 11 is 0. The monoisotopic (exact) mass is 284 g/mol. The highest BCUT2D eigenvalue weighted by atomic mass is 35.5. The van der Waals surface area contributed by atoms with E-state index >= 15 is 0 Å². The summed E-state index contributed by atoms with van der Waals surface area (Å²) in [6.07, 6.45) is 7.92. The van der Waals surface area contributed by atoms with E-state index in [2.05, 4.69) is 10.6 Å². The number of nitrogens with one attached hydrogen (secondary N) is 2. The Morgan fingerprint density at radius 2 is 1.94 bits per heavy atom.